The van der Waals surface area contributed by atoms with E-state index in [1.165, 1.54) is 28.7 Å². The fourth-order valence-electron chi connectivity index (χ4n) is 3.82. The van der Waals surface area contributed by atoms with Crippen LogP contribution in [0.15, 0.2) is 6.33 Å². The second kappa shape index (κ2) is 5.69. The molecule has 1 aliphatic carbocycles. The van der Waals surface area contributed by atoms with Crippen LogP contribution in [0.3, 0.4) is 0 Å². The number of thiophene rings is 1. The van der Waals surface area contributed by atoms with Crippen LogP contribution in [0.1, 0.15) is 36.6 Å². The van der Waals surface area contributed by atoms with Gasteiger partial charge in [-0.2, -0.15) is 0 Å². The number of hydrogen-bond donors (Lipinski definition) is 2. The van der Waals surface area contributed by atoms with Crippen LogP contribution in [0.2, 0.25) is 0 Å². The number of hydrogen-bond acceptors (Lipinski definition) is 6. The molecule has 4 rings (SSSR count). The Morgan fingerprint density at radius 3 is 2.91 bits per heavy atom. The number of aromatic nitrogens is 2. The third-order valence-electron chi connectivity index (χ3n) is 5.45. The summed E-state index contributed by atoms with van der Waals surface area (Å²) in [6, 6.07) is 0. The van der Waals surface area contributed by atoms with Crippen molar-refractivity contribution in [3.05, 3.63) is 16.8 Å². The van der Waals surface area contributed by atoms with E-state index in [1.807, 2.05) is 11.3 Å². The second-order valence-corrected chi connectivity index (χ2v) is 8.32. The molecular weight excluding hydrogens is 308 g/mol. The van der Waals surface area contributed by atoms with E-state index < -0.39 is 5.54 Å². The summed E-state index contributed by atoms with van der Waals surface area (Å²) in [6.45, 7) is 4.10. The maximum Gasteiger partial charge on any atom is 0.141 e. The van der Waals surface area contributed by atoms with Crippen LogP contribution >= 0.6 is 11.3 Å². The number of aryl methyl sites for hydroxylation is 1. The van der Waals surface area contributed by atoms with Gasteiger partial charge in [0.2, 0.25) is 0 Å². The van der Waals surface area contributed by atoms with Crippen molar-refractivity contribution >= 4 is 27.4 Å². The molecule has 0 aromatic carbocycles. The molecule has 1 aliphatic heterocycles. The summed E-state index contributed by atoms with van der Waals surface area (Å²) in [4.78, 5) is 14.1. The van der Waals surface area contributed by atoms with Crippen molar-refractivity contribution < 1.29 is 5.11 Å². The number of aliphatic hydroxyl groups is 1. The highest BCUT2D eigenvalue weighted by Gasteiger charge is 2.32. The molecule has 5 nitrogen and oxygen atoms in total. The summed E-state index contributed by atoms with van der Waals surface area (Å²) in [5.74, 6) is 1.84. The first-order valence-corrected chi connectivity index (χ1v) is 9.31. The van der Waals surface area contributed by atoms with Gasteiger partial charge < -0.3 is 15.7 Å². The zero-order valence-electron chi connectivity index (χ0n) is 13.6. The average molecular weight is 332 g/mol. The molecule has 23 heavy (non-hydrogen) atoms. The van der Waals surface area contributed by atoms with E-state index in [1.54, 1.807) is 6.33 Å². The lowest BCUT2D eigenvalue weighted by atomic mass is 9.88. The first-order chi connectivity index (χ1) is 11.1. The Balaban J connectivity index is 1.71. The molecule has 1 fully saturated rings. The molecule has 1 atom stereocenters. The number of anilines is 1. The normalized spacial score (nSPS) is 24.0. The minimum Gasteiger partial charge on any atom is -0.394 e. The van der Waals surface area contributed by atoms with Crippen LogP contribution in [0, 0.1) is 5.92 Å². The van der Waals surface area contributed by atoms with Gasteiger partial charge in [0.05, 0.1) is 12.0 Å². The van der Waals surface area contributed by atoms with Gasteiger partial charge in [-0.15, -0.1) is 11.3 Å². The molecule has 0 radical (unpaired) electrons. The minimum atomic E-state index is -0.424. The molecule has 1 saturated heterocycles. The maximum atomic E-state index is 9.46. The van der Waals surface area contributed by atoms with Crippen LogP contribution in [-0.2, 0) is 12.8 Å². The number of nitrogens with two attached hydrogens (primary N) is 1. The van der Waals surface area contributed by atoms with Crippen molar-refractivity contribution in [3.8, 4) is 0 Å². The monoisotopic (exact) mass is 332 g/mol. The van der Waals surface area contributed by atoms with Crippen molar-refractivity contribution in [2.24, 2.45) is 11.7 Å². The fourth-order valence-corrected chi connectivity index (χ4v) is 5.17. The standard InChI is InChI=1S/C17H24N4OS/c1-11-2-3-12-13(8-11)23-16-14(12)15(19-10-20-16)21-6-4-17(18,9-22)5-7-21/h10-11,22H,2-9,18H2,1H3/t11-/m1/s1. The molecular formula is C17H24N4OS. The molecule has 0 bridgehead atoms. The predicted molar refractivity (Wildman–Crippen MR) is 94.1 cm³/mol. The van der Waals surface area contributed by atoms with E-state index >= 15 is 0 Å². The number of rotatable bonds is 2. The summed E-state index contributed by atoms with van der Waals surface area (Å²) in [5.41, 5.74) is 7.26. The van der Waals surface area contributed by atoms with E-state index in [4.69, 9.17) is 5.73 Å². The third kappa shape index (κ3) is 2.62. The number of piperidine rings is 1. The second-order valence-electron chi connectivity index (χ2n) is 7.24. The predicted octanol–water partition coefficient (Wildman–Crippen LogP) is 2.11. The summed E-state index contributed by atoms with van der Waals surface area (Å²) in [5, 5.41) is 10.7. The van der Waals surface area contributed by atoms with Gasteiger partial charge in [0.1, 0.15) is 17.0 Å². The maximum absolute atomic E-state index is 9.46. The Labute approximate surface area is 140 Å². The van der Waals surface area contributed by atoms with Gasteiger partial charge in [0, 0.05) is 23.5 Å². The van der Waals surface area contributed by atoms with Gasteiger partial charge in [0.25, 0.3) is 0 Å². The summed E-state index contributed by atoms with van der Waals surface area (Å²) < 4.78 is 0. The van der Waals surface area contributed by atoms with Crippen molar-refractivity contribution in [1.82, 2.24) is 9.97 Å². The van der Waals surface area contributed by atoms with E-state index in [9.17, 15) is 5.11 Å². The molecule has 0 spiro atoms. The zero-order valence-corrected chi connectivity index (χ0v) is 14.4. The van der Waals surface area contributed by atoms with Crippen molar-refractivity contribution in [2.75, 3.05) is 24.6 Å². The highest BCUT2D eigenvalue weighted by molar-refractivity contribution is 7.19. The van der Waals surface area contributed by atoms with Crippen molar-refractivity contribution in [1.29, 1.82) is 0 Å². The summed E-state index contributed by atoms with van der Waals surface area (Å²) in [7, 11) is 0. The van der Waals surface area contributed by atoms with Crippen molar-refractivity contribution in [2.45, 2.75) is 44.6 Å². The molecule has 2 aromatic rings. The quantitative estimate of drug-likeness (QED) is 0.881. The highest BCUT2D eigenvalue weighted by Crippen LogP contribution is 2.41. The number of aliphatic hydroxyl groups excluding tert-OH is 1. The van der Waals surface area contributed by atoms with Gasteiger partial charge in [-0.25, -0.2) is 9.97 Å². The Kier molecular flexibility index (Phi) is 3.78. The van der Waals surface area contributed by atoms with Gasteiger partial charge in [-0.3, -0.25) is 0 Å². The molecule has 3 N–H and O–H groups in total. The van der Waals surface area contributed by atoms with Crippen LogP contribution in [0.25, 0.3) is 10.2 Å². The van der Waals surface area contributed by atoms with Crippen LogP contribution in [0.5, 0.6) is 0 Å². The number of nitrogens with zero attached hydrogens (tertiary/aromatic N) is 3. The fraction of sp³-hybridized carbons (Fsp3) is 0.647. The summed E-state index contributed by atoms with van der Waals surface area (Å²) >= 11 is 1.84. The molecule has 0 amide bonds. The molecule has 0 unspecified atom stereocenters. The Morgan fingerprint density at radius 2 is 2.17 bits per heavy atom. The molecule has 0 saturated carbocycles. The Morgan fingerprint density at radius 1 is 1.39 bits per heavy atom. The average Bonchev–Trinajstić information content (AvgIpc) is 2.93. The highest BCUT2D eigenvalue weighted by atomic mass is 32.1. The molecule has 124 valence electrons. The van der Waals surface area contributed by atoms with E-state index in [-0.39, 0.29) is 6.61 Å². The lowest BCUT2D eigenvalue weighted by Crippen LogP contribution is -2.53. The third-order valence-corrected chi connectivity index (χ3v) is 6.61. The first-order valence-electron chi connectivity index (χ1n) is 8.49. The lowest BCUT2D eigenvalue weighted by Gasteiger charge is -2.38. The van der Waals surface area contributed by atoms with Crippen LogP contribution in [0.4, 0.5) is 5.82 Å². The van der Waals surface area contributed by atoms with Crippen molar-refractivity contribution in [3.63, 3.8) is 0 Å². The largest absolute Gasteiger partial charge is 0.394 e. The van der Waals surface area contributed by atoms with Gasteiger partial charge in [-0.05, 0) is 43.6 Å². The van der Waals surface area contributed by atoms with E-state index in [0.717, 1.165) is 48.9 Å². The SMILES string of the molecule is C[C@@H]1CCc2c(sc3ncnc(N4CCC(N)(CO)CC4)c23)C1. The van der Waals surface area contributed by atoms with Gasteiger partial charge >= 0.3 is 0 Å². The number of fused-ring (bicyclic) bond motifs is 3. The lowest BCUT2D eigenvalue weighted by molar-refractivity contribution is 0.170. The minimum absolute atomic E-state index is 0.0613. The molecule has 6 heteroatoms. The van der Waals surface area contributed by atoms with Gasteiger partial charge in [-0.1, -0.05) is 6.92 Å². The van der Waals surface area contributed by atoms with E-state index in [2.05, 4.69) is 21.8 Å². The van der Waals surface area contributed by atoms with Crippen LogP contribution < -0.4 is 10.6 Å². The zero-order chi connectivity index (χ0) is 16.0. The Hall–Kier alpha value is -1.24. The molecule has 3 heterocycles. The summed E-state index contributed by atoms with van der Waals surface area (Å²) in [6.07, 6.45) is 6.87. The van der Waals surface area contributed by atoms with Crippen LogP contribution in [-0.4, -0.2) is 40.3 Å². The molecule has 2 aliphatic rings. The Bertz CT molecular complexity index is 721. The van der Waals surface area contributed by atoms with E-state index in [0.29, 0.717) is 0 Å². The topological polar surface area (TPSA) is 75.3 Å². The van der Waals surface area contributed by atoms with Gasteiger partial charge in [0.15, 0.2) is 0 Å². The molecule has 2 aromatic heterocycles. The first kappa shape index (κ1) is 15.3. The smallest absolute Gasteiger partial charge is 0.141 e.